The number of halogens is 2. The van der Waals surface area contributed by atoms with Crippen molar-refractivity contribution in [3.8, 4) is 0 Å². The maximum Gasteiger partial charge on any atom is 0.153 e. The Balaban J connectivity index is 2.65. The van der Waals surface area contributed by atoms with Gasteiger partial charge in [0.15, 0.2) is 5.82 Å². The predicted octanol–water partition coefficient (Wildman–Crippen LogP) is 2.08. The minimum absolute atomic E-state index is 0.151. The van der Waals surface area contributed by atoms with E-state index in [1.807, 2.05) is 13.8 Å². The van der Waals surface area contributed by atoms with E-state index in [0.29, 0.717) is 17.9 Å². The summed E-state index contributed by atoms with van der Waals surface area (Å²) in [6, 6.07) is 2.05. The molecule has 5 heteroatoms. The zero-order valence-electron chi connectivity index (χ0n) is 9.14. The third kappa shape index (κ3) is 1.67. The first-order chi connectivity index (χ1) is 7.44. The highest BCUT2D eigenvalue weighted by atomic mass is 19.1. The Morgan fingerprint density at radius 2 is 2.06 bits per heavy atom. The molecule has 1 heterocycles. The summed E-state index contributed by atoms with van der Waals surface area (Å²) in [4.78, 5) is 7.02. The van der Waals surface area contributed by atoms with Crippen LogP contribution in [0.2, 0.25) is 0 Å². The van der Waals surface area contributed by atoms with Crippen LogP contribution in [0.1, 0.15) is 19.7 Å². The predicted molar refractivity (Wildman–Crippen MR) is 58.1 cm³/mol. The summed E-state index contributed by atoms with van der Waals surface area (Å²) in [6.45, 7) is 4.15. The normalized spacial score (nSPS) is 12.3. The molecule has 0 aliphatic carbocycles. The van der Waals surface area contributed by atoms with Gasteiger partial charge in [-0.3, -0.25) is 0 Å². The topological polar surface area (TPSA) is 54.7 Å². The molecular weight excluding hydrogens is 212 g/mol. The third-order valence-electron chi connectivity index (χ3n) is 2.66. The lowest BCUT2D eigenvalue weighted by Gasteiger charge is -2.18. The summed E-state index contributed by atoms with van der Waals surface area (Å²) in [6.07, 6.45) is 0. The largest absolute Gasteiger partial charge is 0.341 e. The van der Waals surface area contributed by atoms with E-state index in [4.69, 9.17) is 5.73 Å². The van der Waals surface area contributed by atoms with Gasteiger partial charge in [0, 0.05) is 18.0 Å². The van der Waals surface area contributed by atoms with Crippen molar-refractivity contribution in [2.24, 2.45) is 5.73 Å². The minimum atomic E-state index is -0.662. The Hall–Kier alpha value is -1.49. The standard InChI is InChI=1S/C11H13F2N3/c1-11(2,5-14)10-15-8-4-6(12)3-7(13)9(8)16-10/h3-4H,5,14H2,1-2H3,(H,15,16). The van der Waals surface area contributed by atoms with Crippen LogP contribution in [0.4, 0.5) is 8.78 Å². The average Bonchev–Trinajstić information content (AvgIpc) is 2.62. The number of imidazole rings is 1. The van der Waals surface area contributed by atoms with Crippen molar-refractivity contribution >= 4 is 11.0 Å². The first kappa shape index (κ1) is 11.0. The molecule has 0 unspecified atom stereocenters. The Bertz CT molecular complexity index is 531. The Morgan fingerprint density at radius 3 is 2.69 bits per heavy atom. The zero-order chi connectivity index (χ0) is 11.9. The lowest BCUT2D eigenvalue weighted by atomic mass is 9.93. The maximum absolute atomic E-state index is 13.4. The molecule has 1 aromatic heterocycles. The molecule has 0 bridgehead atoms. The van der Waals surface area contributed by atoms with Crippen molar-refractivity contribution in [3.63, 3.8) is 0 Å². The molecule has 16 heavy (non-hydrogen) atoms. The number of nitrogens with zero attached hydrogens (tertiary/aromatic N) is 1. The molecule has 0 saturated heterocycles. The smallest absolute Gasteiger partial charge is 0.153 e. The third-order valence-corrected chi connectivity index (χ3v) is 2.66. The first-order valence-electron chi connectivity index (χ1n) is 4.99. The van der Waals surface area contributed by atoms with E-state index in [0.717, 1.165) is 6.07 Å². The molecule has 0 radical (unpaired) electrons. The van der Waals surface area contributed by atoms with E-state index in [-0.39, 0.29) is 10.9 Å². The number of aromatic amines is 1. The van der Waals surface area contributed by atoms with Gasteiger partial charge in [-0.05, 0) is 6.07 Å². The van der Waals surface area contributed by atoms with Crippen molar-refractivity contribution in [2.45, 2.75) is 19.3 Å². The number of rotatable bonds is 2. The SMILES string of the molecule is CC(C)(CN)c1nc2c(F)cc(F)cc2[nH]1. The summed E-state index contributed by atoms with van der Waals surface area (Å²) in [5, 5.41) is 0. The van der Waals surface area contributed by atoms with Gasteiger partial charge in [0.2, 0.25) is 0 Å². The highest BCUT2D eigenvalue weighted by Crippen LogP contribution is 2.24. The fraction of sp³-hybridized carbons (Fsp3) is 0.364. The molecule has 86 valence electrons. The van der Waals surface area contributed by atoms with Gasteiger partial charge in [0.25, 0.3) is 0 Å². The van der Waals surface area contributed by atoms with Gasteiger partial charge in [0.1, 0.15) is 17.2 Å². The van der Waals surface area contributed by atoms with Crippen molar-refractivity contribution in [1.82, 2.24) is 9.97 Å². The van der Waals surface area contributed by atoms with Crippen LogP contribution in [0.25, 0.3) is 11.0 Å². The highest BCUT2D eigenvalue weighted by molar-refractivity contribution is 5.76. The molecule has 0 spiro atoms. The summed E-state index contributed by atoms with van der Waals surface area (Å²) < 4.78 is 26.4. The van der Waals surface area contributed by atoms with Crippen LogP contribution in [-0.2, 0) is 5.41 Å². The van der Waals surface area contributed by atoms with E-state index in [9.17, 15) is 8.78 Å². The molecule has 0 aliphatic rings. The van der Waals surface area contributed by atoms with Crippen LogP contribution < -0.4 is 5.73 Å². The van der Waals surface area contributed by atoms with Crippen LogP contribution in [0.5, 0.6) is 0 Å². The van der Waals surface area contributed by atoms with E-state index >= 15 is 0 Å². The molecule has 0 saturated carbocycles. The minimum Gasteiger partial charge on any atom is -0.341 e. The first-order valence-corrected chi connectivity index (χ1v) is 4.99. The number of nitrogens with two attached hydrogens (primary N) is 1. The molecular formula is C11H13F2N3. The number of hydrogen-bond donors (Lipinski definition) is 2. The Labute approximate surface area is 91.7 Å². The number of aromatic nitrogens is 2. The van der Waals surface area contributed by atoms with E-state index in [1.165, 1.54) is 6.07 Å². The van der Waals surface area contributed by atoms with Crippen molar-refractivity contribution in [1.29, 1.82) is 0 Å². The average molecular weight is 225 g/mol. The molecule has 2 aromatic rings. The van der Waals surface area contributed by atoms with E-state index in [1.54, 1.807) is 0 Å². The van der Waals surface area contributed by atoms with Crippen LogP contribution in [-0.4, -0.2) is 16.5 Å². The fourth-order valence-electron chi connectivity index (χ4n) is 1.46. The van der Waals surface area contributed by atoms with Crippen LogP contribution in [0, 0.1) is 11.6 Å². The second kappa shape index (κ2) is 3.52. The van der Waals surface area contributed by atoms with Gasteiger partial charge in [-0.15, -0.1) is 0 Å². The number of fused-ring (bicyclic) bond motifs is 1. The molecule has 3 nitrogen and oxygen atoms in total. The van der Waals surface area contributed by atoms with Gasteiger partial charge >= 0.3 is 0 Å². The molecule has 0 amide bonds. The fourth-order valence-corrected chi connectivity index (χ4v) is 1.46. The molecule has 0 aliphatic heterocycles. The van der Waals surface area contributed by atoms with Gasteiger partial charge in [-0.1, -0.05) is 13.8 Å². The zero-order valence-corrected chi connectivity index (χ0v) is 9.14. The second-order valence-electron chi connectivity index (χ2n) is 4.46. The summed E-state index contributed by atoms with van der Waals surface area (Å²) >= 11 is 0. The van der Waals surface area contributed by atoms with Crippen LogP contribution in [0.3, 0.4) is 0 Å². The number of nitrogens with one attached hydrogen (secondary N) is 1. The molecule has 1 aromatic carbocycles. The monoisotopic (exact) mass is 225 g/mol. The van der Waals surface area contributed by atoms with Crippen molar-refractivity contribution in [2.75, 3.05) is 6.54 Å². The molecule has 0 fully saturated rings. The number of hydrogen-bond acceptors (Lipinski definition) is 2. The van der Waals surface area contributed by atoms with Gasteiger partial charge in [-0.25, -0.2) is 13.8 Å². The van der Waals surface area contributed by atoms with Crippen LogP contribution >= 0.6 is 0 Å². The van der Waals surface area contributed by atoms with Crippen molar-refractivity contribution in [3.05, 3.63) is 29.6 Å². The van der Waals surface area contributed by atoms with E-state index in [2.05, 4.69) is 9.97 Å². The molecule has 2 rings (SSSR count). The lowest BCUT2D eigenvalue weighted by molar-refractivity contribution is 0.509. The number of H-pyrrole nitrogens is 1. The lowest BCUT2D eigenvalue weighted by Crippen LogP contribution is -2.29. The number of benzene rings is 1. The summed E-state index contributed by atoms with van der Waals surface area (Å²) in [7, 11) is 0. The van der Waals surface area contributed by atoms with E-state index < -0.39 is 11.6 Å². The molecule has 3 N–H and O–H groups in total. The summed E-state index contributed by atoms with van der Waals surface area (Å²) in [5.74, 6) is -0.717. The maximum atomic E-state index is 13.4. The van der Waals surface area contributed by atoms with Gasteiger partial charge in [-0.2, -0.15) is 0 Å². The second-order valence-corrected chi connectivity index (χ2v) is 4.46. The Kier molecular flexibility index (Phi) is 2.42. The van der Waals surface area contributed by atoms with Crippen molar-refractivity contribution < 1.29 is 8.78 Å². The van der Waals surface area contributed by atoms with Gasteiger partial charge < -0.3 is 10.7 Å². The summed E-state index contributed by atoms with van der Waals surface area (Å²) in [5.41, 5.74) is 5.72. The highest BCUT2D eigenvalue weighted by Gasteiger charge is 2.23. The van der Waals surface area contributed by atoms with Crippen LogP contribution in [0.15, 0.2) is 12.1 Å². The molecule has 0 atom stereocenters. The quantitative estimate of drug-likeness (QED) is 0.822. The van der Waals surface area contributed by atoms with Gasteiger partial charge in [0.05, 0.1) is 5.52 Å². The Morgan fingerprint density at radius 1 is 1.38 bits per heavy atom.